The number of pyridine rings is 1. The molecule has 2 aromatic carbocycles. The molecule has 0 spiro atoms. The molecule has 0 radical (unpaired) electrons. The van der Waals surface area contributed by atoms with E-state index in [4.69, 9.17) is 4.98 Å². The van der Waals surface area contributed by atoms with E-state index < -0.39 is 0 Å². The molecule has 4 rings (SSSR count). The highest BCUT2D eigenvalue weighted by atomic mass is 19.1. The molecule has 0 saturated carbocycles. The van der Waals surface area contributed by atoms with Gasteiger partial charge in [-0.15, -0.1) is 0 Å². The maximum absolute atomic E-state index is 13.4. The summed E-state index contributed by atoms with van der Waals surface area (Å²) in [4.78, 5) is 8.24. The van der Waals surface area contributed by atoms with Gasteiger partial charge in [0.05, 0.1) is 17.3 Å². The molecule has 142 valence electrons. The van der Waals surface area contributed by atoms with Crippen molar-refractivity contribution in [2.45, 2.75) is 33.2 Å². The van der Waals surface area contributed by atoms with Crippen molar-refractivity contribution >= 4 is 16.6 Å². The Kier molecular flexibility index (Phi) is 4.86. The number of anilines is 1. The van der Waals surface area contributed by atoms with Gasteiger partial charge < -0.3 is 10.3 Å². The number of aromatic amines is 1. The lowest BCUT2D eigenvalue weighted by atomic mass is 9.97. The fourth-order valence-electron chi connectivity index (χ4n) is 3.69. The monoisotopic (exact) mass is 373 g/mol. The van der Waals surface area contributed by atoms with Crippen molar-refractivity contribution < 1.29 is 4.39 Å². The summed E-state index contributed by atoms with van der Waals surface area (Å²) in [5, 5.41) is 4.76. The number of aromatic nitrogens is 2. The van der Waals surface area contributed by atoms with E-state index in [9.17, 15) is 4.39 Å². The molecule has 2 heterocycles. The third-order valence-corrected chi connectivity index (χ3v) is 5.46. The van der Waals surface area contributed by atoms with Gasteiger partial charge in [-0.05, 0) is 74.2 Å². The number of fused-ring (bicyclic) bond motifs is 1. The average molecular weight is 373 g/mol. The van der Waals surface area contributed by atoms with Gasteiger partial charge >= 0.3 is 0 Å². The van der Waals surface area contributed by atoms with E-state index in [1.807, 2.05) is 6.20 Å². The van der Waals surface area contributed by atoms with Crippen molar-refractivity contribution in [2.24, 2.45) is 0 Å². The minimum Gasteiger partial charge on any atom is -0.376 e. The van der Waals surface area contributed by atoms with Crippen molar-refractivity contribution in [3.05, 3.63) is 94.7 Å². The van der Waals surface area contributed by atoms with Crippen LogP contribution in [0.1, 0.15) is 34.1 Å². The van der Waals surface area contributed by atoms with E-state index in [2.05, 4.69) is 61.4 Å². The molecular weight excluding hydrogens is 349 g/mol. The topological polar surface area (TPSA) is 40.7 Å². The van der Waals surface area contributed by atoms with Crippen molar-refractivity contribution in [2.75, 3.05) is 5.32 Å². The molecule has 0 saturated heterocycles. The zero-order chi connectivity index (χ0) is 19.7. The lowest BCUT2D eigenvalue weighted by molar-refractivity contribution is 0.627. The highest BCUT2D eigenvalue weighted by Gasteiger charge is 2.20. The van der Waals surface area contributed by atoms with Crippen molar-refractivity contribution in [3.63, 3.8) is 0 Å². The largest absolute Gasteiger partial charge is 0.376 e. The summed E-state index contributed by atoms with van der Waals surface area (Å²) in [7, 11) is 0. The van der Waals surface area contributed by atoms with Gasteiger partial charge in [0.2, 0.25) is 0 Å². The van der Waals surface area contributed by atoms with Gasteiger partial charge in [0.15, 0.2) is 0 Å². The Labute approximate surface area is 164 Å². The molecule has 1 unspecified atom stereocenters. The van der Waals surface area contributed by atoms with Gasteiger partial charge in [0.25, 0.3) is 0 Å². The molecule has 3 nitrogen and oxygen atoms in total. The van der Waals surface area contributed by atoms with Crippen LogP contribution in [0.3, 0.4) is 0 Å². The lowest BCUT2D eigenvalue weighted by Crippen LogP contribution is -2.16. The molecule has 0 bridgehead atoms. The number of rotatable bonds is 5. The third-order valence-electron chi connectivity index (χ3n) is 5.46. The maximum Gasteiger partial charge on any atom is 0.123 e. The van der Waals surface area contributed by atoms with E-state index in [-0.39, 0.29) is 11.9 Å². The third kappa shape index (κ3) is 3.50. The fourth-order valence-corrected chi connectivity index (χ4v) is 3.69. The average Bonchev–Trinajstić information content (AvgIpc) is 2.99. The summed E-state index contributed by atoms with van der Waals surface area (Å²) in [6.07, 6.45) is 2.66. The van der Waals surface area contributed by atoms with Crippen molar-refractivity contribution in [1.29, 1.82) is 0 Å². The van der Waals surface area contributed by atoms with Crippen molar-refractivity contribution in [1.82, 2.24) is 9.97 Å². The Hall–Kier alpha value is -3.14. The molecule has 0 aliphatic rings. The van der Waals surface area contributed by atoms with E-state index in [0.29, 0.717) is 0 Å². The molecular formula is C24H24FN3. The first-order chi connectivity index (χ1) is 13.5. The minimum atomic E-state index is -0.239. The summed E-state index contributed by atoms with van der Waals surface area (Å²) < 4.78 is 13.4. The van der Waals surface area contributed by atoms with Crippen LogP contribution in [0.4, 0.5) is 10.1 Å². The predicted octanol–water partition coefficient (Wildman–Crippen LogP) is 6.02. The van der Waals surface area contributed by atoms with Crippen LogP contribution in [0.2, 0.25) is 0 Å². The molecule has 0 fully saturated rings. The molecule has 2 N–H and O–H groups in total. The van der Waals surface area contributed by atoms with Crippen molar-refractivity contribution in [3.8, 4) is 0 Å². The van der Waals surface area contributed by atoms with E-state index >= 15 is 0 Å². The normalized spacial score (nSPS) is 12.3. The number of aryl methyl sites for hydroxylation is 3. The summed E-state index contributed by atoms with van der Waals surface area (Å²) in [6.45, 7) is 6.34. The van der Waals surface area contributed by atoms with Gasteiger partial charge in [0, 0.05) is 23.0 Å². The van der Waals surface area contributed by atoms with Crippen LogP contribution in [0.5, 0.6) is 0 Å². The van der Waals surface area contributed by atoms with E-state index in [1.165, 1.54) is 34.2 Å². The molecule has 4 aromatic rings. The second-order valence-electron chi connectivity index (χ2n) is 7.33. The second-order valence-corrected chi connectivity index (χ2v) is 7.33. The van der Waals surface area contributed by atoms with Gasteiger partial charge in [0.1, 0.15) is 5.82 Å². The van der Waals surface area contributed by atoms with Crippen LogP contribution in [0.15, 0.2) is 60.8 Å². The van der Waals surface area contributed by atoms with Gasteiger partial charge in [-0.2, -0.15) is 0 Å². The Morgan fingerprint density at radius 2 is 1.75 bits per heavy atom. The molecule has 4 heteroatoms. The highest BCUT2D eigenvalue weighted by molar-refractivity contribution is 5.86. The Morgan fingerprint density at radius 3 is 2.50 bits per heavy atom. The van der Waals surface area contributed by atoms with Crippen LogP contribution in [-0.4, -0.2) is 9.97 Å². The lowest BCUT2D eigenvalue weighted by Gasteiger charge is -2.21. The zero-order valence-corrected chi connectivity index (χ0v) is 16.4. The first kappa shape index (κ1) is 18.2. The first-order valence-electron chi connectivity index (χ1n) is 9.53. The molecule has 0 aliphatic carbocycles. The number of benzene rings is 2. The Morgan fingerprint density at radius 1 is 1.00 bits per heavy atom. The van der Waals surface area contributed by atoms with E-state index in [0.717, 1.165) is 29.0 Å². The SMILES string of the molecule is Cc1ccccc1CC(Nc1ccc(F)cc1)c1nccc2c(C)c(C)[nH]c12. The number of hydrogen-bond donors (Lipinski definition) is 2. The predicted molar refractivity (Wildman–Crippen MR) is 113 cm³/mol. The zero-order valence-electron chi connectivity index (χ0n) is 16.4. The first-order valence-corrected chi connectivity index (χ1v) is 9.53. The Balaban J connectivity index is 1.79. The molecule has 1 atom stereocenters. The number of nitrogens with zero attached hydrogens (tertiary/aromatic N) is 1. The van der Waals surface area contributed by atoms with Crippen LogP contribution < -0.4 is 5.32 Å². The van der Waals surface area contributed by atoms with Gasteiger partial charge in [-0.25, -0.2) is 4.39 Å². The Bertz CT molecular complexity index is 1110. The number of halogens is 1. The highest BCUT2D eigenvalue weighted by Crippen LogP contribution is 2.31. The van der Waals surface area contributed by atoms with E-state index in [1.54, 1.807) is 12.1 Å². The quantitative estimate of drug-likeness (QED) is 0.449. The minimum absolute atomic E-state index is 0.0484. The number of nitrogens with one attached hydrogen (secondary N) is 2. The standard InChI is InChI=1S/C24H24FN3/c1-15-6-4-5-7-18(15)14-22(28-20-10-8-19(25)9-11-20)24-23-21(12-13-26-24)16(2)17(3)27-23/h4-13,22,27-28H,14H2,1-3H3. The van der Waals surface area contributed by atoms with Gasteiger partial charge in [-0.1, -0.05) is 24.3 Å². The summed E-state index contributed by atoms with van der Waals surface area (Å²) in [5.74, 6) is -0.239. The fraction of sp³-hybridized carbons (Fsp3) is 0.208. The number of H-pyrrole nitrogens is 1. The molecule has 28 heavy (non-hydrogen) atoms. The summed E-state index contributed by atoms with van der Waals surface area (Å²) in [5.41, 5.74) is 7.82. The summed E-state index contributed by atoms with van der Waals surface area (Å²) in [6, 6.07) is 16.9. The van der Waals surface area contributed by atoms with Crippen LogP contribution in [-0.2, 0) is 6.42 Å². The van der Waals surface area contributed by atoms with Gasteiger partial charge in [-0.3, -0.25) is 4.98 Å². The number of hydrogen-bond acceptors (Lipinski definition) is 2. The van der Waals surface area contributed by atoms with Crippen LogP contribution >= 0.6 is 0 Å². The van der Waals surface area contributed by atoms with Crippen LogP contribution in [0, 0.1) is 26.6 Å². The molecule has 0 aliphatic heterocycles. The molecule has 2 aromatic heterocycles. The maximum atomic E-state index is 13.4. The second kappa shape index (κ2) is 7.47. The smallest absolute Gasteiger partial charge is 0.123 e. The molecule has 0 amide bonds. The van der Waals surface area contributed by atoms with Crippen LogP contribution in [0.25, 0.3) is 10.9 Å². The summed E-state index contributed by atoms with van der Waals surface area (Å²) >= 11 is 0.